The summed E-state index contributed by atoms with van der Waals surface area (Å²) in [5.74, 6) is -7.20. The Hall–Kier alpha value is -2.32. The van der Waals surface area contributed by atoms with E-state index in [4.69, 9.17) is 24.1 Å². The first kappa shape index (κ1) is 24.7. The van der Waals surface area contributed by atoms with Crippen LogP contribution in [0.25, 0.3) is 0 Å². The van der Waals surface area contributed by atoms with Gasteiger partial charge < -0.3 is 44.7 Å². The molecule has 1 amide bonds. The number of methoxy groups -OCH3 is 1. The fourth-order valence-electron chi connectivity index (χ4n) is 2.84. The van der Waals surface area contributed by atoms with Gasteiger partial charge in [0.05, 0.1) is 12.1 Å². The minimum Gasteiger partial charge on any atom is -0.477 e. The van der Waals surface area contributed by atoms with Gasteiger partial charge in [-0.3, -0.25) is 14.4 Å². The summed E-state index contributed by atoms with van der Waals surface area (Å²) in [6.07, 6.45) is -6.90. The summed E-state index contributed by atoms with van der Waals surface area (Å²) in [5, 5.41) is 41.1. The van der Waals surface area contributed by atoms with Gasteiger partial charge in [-0.05, 0) is 0 Å². The second kappa shape index (κ2) is 10.5. The Morgan fingerprint density at radius 2 is 1.86 bits per heavy atom. The molecular weight excluding hydrogens is 398 g/mol. The minimum atomic E-state index is -2.87. The normalized spacial score (nSPS) is 28.7. The number of aliphatic carboxylic acids is 1. The predicted octanol–water partition coefficient (Wildman–Crippen LogP) is -3.10. The number of hydrogen-bond acceptors (Lipinski definition) is 11. The van der Waals surface area contributed by atoms with Crippen LogP contribution in [-0.2, 0) is 38.1 Å². The molecule has 0 aromatic rings. The van der Waals surface area contributed by atoms with Gasteiger partial charge in [0.2, 0.25) is 5.91 Å². The first-order valence-electron chi connectivity index (χ1n) is 8.50. The van der Waals surface area contributed by atoms with Crippen LogP contribution < -0.4 is 5.32 Å². The van der Waals surface area contributed by atoms with Gasteiger partial charge in [0.1, 0.15) is 25.4 Å². The number of carbonyl (C=O) groups is 4. The number of hydrogen-bond donors (Lipinski definition) is 5. The molecule has 0 saturated carbocycles. The third kappa shape index (κ3) is 6.61. The van der Waals surface area contributed by atoms with Crippen LogP contribution in [0.4, 0.5) is 0 Å². The van der Waals surface area contributed by atoms with Gasteiger partial charge in [-0.25, -0.2) is 4.79 Å². The third-order valence-corrected chi connectivity index (χ3v) is 4.14. The van der Waals surface area contributed by atoms with Crippen LogP contribution in [0.2, 0.25) is 0 Å². The molecule has 1 saturated heterocycles. The van der Waals surface area contributed by atoms with Gasteiger partial charge in [-0.15, -0.1) is 0 Å². The van der Waals surface area contributed by atoms with Crippen molar-refractivity contribution in [3.8, 4) is 0 Å². The first-order valence-corrected chi connectivity index (χ1v) is 8.50. The molecule has 1 heterocycles. The van der Waals surface area contributed by atoms with E-state index < -0.39 is 79.7 Å². The molecule has 166 valence electrons. The largest absolute Gasteiger partial charge is 0.477 e. The van der Waals surface area contributed by atoms with Crippen molar-refractivity contribution in [2.45, 2.75) is 56.5 Å². The summed E-state index contributed by atoms with van der Waals surface area (Å²) in [5.41, 5.74) is 0. The van der Waals surface area contributed by atoms with Crippen LogP contribution in [-0.4, -0.2) is 101 Å². The highest BCUT2D eigenvalue weighted by atomic mass is 16.7. The summed E-state index contributed by atoms with van der Waals surface area (Å²) < 4.78 is 20.3. The van der Waals surface area contributed by atoms with Crippen molar-refractivity contribution in [1.29, 1.82) is 0 Å². The molecule has 6 atom stereocenters. The zero-order chi connectivity index (χ0) is 22.4. The molecule has 13 nitrogen and oxygen atoms in total. The van der Waals surface area contributed by atoms with Gasteiger partial charge in [-0.2, -0.15) is 0 Å². The highest BCUT2D eigenvalue weighted by Gasteiger charge is 2.55. The van der Waals surface area contributed by atoms with Crippen molar-refractivity contribution in [2.24, 2.45) is 0 Å². The van der Waals surface area contributed by atoms with E-state index in [1.54, 1.807) is 0 Å². The van der Waals surface area contributed by atoms with E-state index in [0.717, 1.165) is 13.8 Å². The SMILES string of the molecule is COC(COC(C)=O)C(OC(C)=O)C1OC(O)(C(=O)O)CC(O)C1NC(=O)CO. The number of amides is 1. The van der Waals surface area contributed by atoms with Crippen LogP contribution in [0, 0.1) is 0 Å². The molecular formula is C16H25NO12. The molecule has 0 aliphatic carbocycles. The maximum atomic E-state index is 11.7. The molecule has 0 radical (unpaired) electrons. The highest BCUT2D eigenvalue weighted by Crippen LogP contribution is 2.32. The Balaban J connectivity index is 3.35. The van der Waals surface area contributed by atoms with Gasteiger partial charge in [0.15, 0.2) is 6.10 Å². The predicted molar refractivity (Wildman–Crippen MR) is 90.1 cm³/mol. The van der Waals surface area contributed by atoms with Gasteiger partial charge >= 0.3 is 17.9 Å². The summed E-state index contributed by atoms with van der Waals surface area (Å²) >= 11 is 0. The Bertz CT molecular complexity index is 625. The zero-order valence-corrected chi connectivity index (χ0v) is 16.1. The van der Waals surface area contributed by atoms with E-state index in [-0.39, 0.29) is 0 Å². The number of esters is 2. The monoisotopic (exact) mass is 423 g/mol. The molecule has 29 heavy (non-hydrogen) atoms. The third-order valence-electron chi connectivity index (χ3n) is 4.14. The second-order valence-electron chi connectivity index (χ2n) is 6.35. The van der Waals surface area contributed by atoms with E-state index in [1.165, 1.54) is 7.11 Å². The van der Waals surface area contributed by atoms with Crippen LogP contribution in [0.15, 0.2) is 0 Å². The van der Waals surface area contributed by atoms with Crippen molar-refractivity contribution in [3.05, 3.63) is 0 Å². The number of carboxylic acid groups (broad SMARTS) is 1. The Labute approximate surface area is 165 Å². The number of rotatable bonds is 9. The van der Waals surface area contributed by atoms with E-state index >= 15 is 0 Å². The molecule has 1 aliphatic rings. The second-order valence-corrected chi connectivity index (χ2v) is 6.35. The number of ether oxygens (including phenoxy) is 4. The molecule has 13 heteroatoms. The Kier molecular flexibility index (Phi) is 8.91. The smallest absolute Gasteiger partial charge is 0.364 e. The van der Waals surface area contributed by atoms with Crippen LogP contribution in [0.5, 0.6) is 0 Å². The van der Waals surface area contributed by atoms with E-state index in [1.807, 2.05) is 0 Å². The summed E-state index contributed by atoms with van der Waals surface area (Å²) in [6, 6.07) is -1.41. The number of carboxylic acids is 1. The van der Waals surface area contributed by atoms with Gasteiger partial charge in [-0.1, -0.05) is 0 Å². The summed E-state index contributed by atoms with van der Waals surface area (Å²) in [7, 11) is 1.18. The zero-order valence-electron chi connectivity index (χ0n) is 16.1. The lowest BCUT2D eigenvalue weighted by Crippen LogP contribution is -2.68. The number of nitrogens with one attached hydrogen (secondary N) is 1. The summed E-state index contributed by atoms with van der Waals surface area (Å²) in [6.45, 7) is 0.724. The fourth-order valence-corrected chi connectivity index (χ4v) is 2.84. The lowest BCUT2D eigenvalue weighted by atomic mass is 9.88. The van der Waals surface area contributed by atoms with Gasteiger partial charge in [0.25, 0.3) is 5.79 Å². The molecule has 0 spiro atoms. The number of carbonyl (C=O) groups excluding carboxylic acids is 3. The number of aliphatic hydroxyl groups is 3. The highest BCUT2D eigenvalue weighted by molar-refractivity contribution is 5.78. The van der Waals surface area contributed by atoms with Crippen LogP contribution in [0.1, 0.15) is 20.3 Å². The number of aliphatic hydroxyl groups excluding tert-OH is 2. The van der Waals surface area contributed by atoms with Crippen molar-refractivity contribution in [2.75, 3.05) is 20.3 Å². The molecule has 1 fully saturated rings. The van der Waals surface area contributed by atoms with E-state index in [0.29, 0.717) is 0 Å². The Morgan fingerprint density at radius 1 is 1.24 bits per heavy atom. The molecule has 0 bridgehead atoms. The van der Waals surface area contributed by atoms with Crippen molar-refractivity contribution in [1.82, 2.24) is 5.32 Å². The fraction of sp³-hybridized carbons (Fsp3) is 0.750. The van der Waals surface area contributed by atoms with Crippen molar-refractivity contribution in [3.63, 3.8) is 0 Å². The lowest BCUT2D eigenvalue weighted by molar-refractivity contribution is -0.297. The van der Waals surface area contributed by atoms with Crippen molar-refractivity contribution < 1.29 is 58.6 Å². The standard InChI is InChI=1S/C16H25NO12/c1-7(19)27-6-10(26-3)13(28-8(2)20)14-12(17-11(22)5-18)9(21)4-16(25,29-14)15(23)24/h9-10,12-14,18,21,25H,4-6H2,1-3H3,(H,17,22)(H,23,24). The average molecular weight is 423 g/mol. The quantitative estimate of drug-likeness (QED) is 0.234. The molecule has 5 N–H and O–H groups in total. The van der Waals surface area contributed by atoms with Crippen molar-refractivity contribution >= 4 is 23.8 Å². The maximum absolute atomic E-state index is 11.7. The topological polar surface area (TPSA) is 198 Å². The molecule has 1 aliphatic heterocycles. The molecule has 0 aromatic heterocycles. The van der Waals surface area contributed by atoms with E-state index in [2.05, 4.69) is 5.32 Å². The maximum Gasteiger partial charge on any atom is 0.364 e. The van der Waals surface area contributed by atoms with E-state index in [9.17, 15) is 34.5 Å². The minimum absolute atomic E-state index is 0.452. The molecule has 0 aromatic carbocycles. The summed E-state index contributed by atoms with van der Waals surface area (Å²) in [4.78, 5) is 45.8. The average Bonchev–Trinajstić information content (AvgIpc) is 2.62. The lowest BCUT2D eigenvalue weighted by Gasteiger charge is -2.45. The van der Waals surface area contributed by atoms with Crippen LogP contribution in [0.3, 0.4) is 0 Å². The van der Waals surface area contributed by atoms with Crippen LogP contribution >= 0.6 is 0 Å². The molecule has 1 rings (SSSR count). The first-order chi connectivity index (χ1) is 13.4. The Morgan fingerprint density at radius 3 is 2.31 bits per heavy atom. The molecule has 6 unspecified atom stereocenters. The van der Waals surface area contributed by atoms with Gasteiger partial charge in [0, 0.05) is 27.4 Å².